The second-order valence-electron chi connectivity index (χ2n) is 8.00. The highest BCUT2D eigenvalue weighted by Gasteiger charge is 2.24. The molecule has 127 valence electrons. The molecule has 1 heteroatoms. The van der Waals surface area contributed by atoms with Crippen molar-refractivity contribution in [2.75, 3.05) is 0 Å². The molecule has 23 heavy (non-hydrogen) atoms. The average molecular weight is 314 g/mol. The molecule has 0 atom stereocenters. The van der Waals surface area contributed by atoms with E-state index in [0.717, 1.165) is 37.5 Å². The van der Waals surface area contributed by atoms with Gasteiger partial charge >= 0.3 is 0 Å². The Balaban J connectivity index is 1.52. The normalized spacial score (nSPS) is 31.9. The van der Waals surface area contributed by atoms with Crippen LogP contribution in [0.2, 0.25) is 0 Å². The van der Waals surface area contributed by atoms with Gasteiger partial charge in [0.15, 0.2) is 0 Å². The quantitative estimate of drug-likeness (QED) is 0.583. The molecule has 3 rings (SSSR count). The van der Waals surface area contributed by atoms with Crippen molar-refractivity contribution in [3.63, 3.8) is 0 Å². The molecule has 0 heterocycles. The summed E-state index contributed by atoms with van der Waals surface area (Å²) < 4.78 is 0. The molecule has 0 spiro atoms. The number of hydrogen-bond acceptors (Lipinski definition) is 0. The molecule has 2 saturated carbocycles. The minimum Gasteiger partial charge on any atom is -0.233 e. The van der Waals surface area contributed by atoms with E-state index in [-0.39, 0.29) is 6.10 Å². The van der Waals surface area contributed by atoms with E-state index < -0.39 is 0 Å². The Morgan fingerprint density at radius 2 is 1.26 bits per heavy atom. The van der Waals surface area contributed by atoms with Crippen molar-refractivity contribution in [2.24, 2.45) is 5.92 Å². The van der Waals surface area contributed by atoms with Crippen LogP contribution in [0.25, 0.3) is 0 Å². The highest BCUT2D eigenvalue weighted by Crippen LogP contribution is 2.39. The van der Waals surface area contributed by atoms with Crippen molar-refractivity contribution < 1.29 is 5.11 Å². The summed E-state index contributed by atoms with van der Waals surface area (Å²) in [6, 6.07) is 9.48. The van der Waals surface area contributed by atoms with Crippen LogP contribution < -0.4 is 0 Å². The summed E-state index contributed by atoms with van der Waals surface area (Å²) in [4.78, 5) is 0. The molecule has 1 aromatic rings. The van der Waals surface area contributed by atoms with Crippen LogP contribution in [0.4, 0.5) is 0 Å². The van der Waals surface area contributed by atoms with Gasteiger partial charge in [0.25, 0.3) is 0 Å². The fourth-order valence-electron chi connectivity index (χ4n) is 4.71. The Kier molecular flexibility index (Phi) is 6.16. The largest absolute Gasteiger partial charge is 0.233 e. The van der Waals surface area contributed by atoms with Gasteiger partial charge in [-0.3, -0.25) is 0 Å². The predicted octanol–water partition coefficient (Wildman–Crippen LogP) is 6.61. The molecule has 1 radical (unpaired) electrons. The van der Waals surface area contributed by atoms with Crippen molar-refractivity contribution in [1.29, 1.82) is 0 Å². The van der Waals surface area contributed by atoms with Crippen LogP contribution in [-0.4, -0.2) is 6.10 Å². The zero-order chi connectivity index (χ0) is 16.1. The number of rotatable bonds is 5. The lowest BCUT2D eigenvalue weighted by atomic mass is 9.76. The van der Waals surface area contributed by atoms with Crippen LogP contribution in [0.5, 0.6) is 0 Å². The Labute approximate surface area is 142 Å². The van der Waals surface area contributed by atoms with Gasteiger partial charge in [0.05, 0.1) is 6.10 Å². The molecule has 0 amide bonds. The van der Waals surface area contributed by atoms with Gasteiger partial charge in [-0.15, -0.1) is 0 Å². The van der Waals surface area contributed by atoms with E-state index in [1.165, 1.54) is 50.5 Å². The minimum atomic E-state index is -0.298. The summed E-state index contributed by atoms with van der Waals surface area (Å²) in [6.45, 7) is 2.30. The van der Waals surface area contributed by atoms with Gasteiger partial charge in [-0.2, -0.15) is 0 Å². The van der Waals surface area contributed by atoms with E-state index in [9.17, 15) is 5.11 Å². The Morgan fingerprint density at radius 1 is 0.783 bits per heavy atom. The monoisotopic (exact) mass is 313 g/mol. The minimum absolute atomic E-state index is 0.298. The zero-order valence-corrected chi connectivity index (χ0v) is 14.8. The molecule has 0 aliphatic heterocycles. The first-order valence-electron chi connectivity index (χ1n) is 10.0. The maximum atomic E-state index is 11.5. The molecule has 2 aliphatic carbocycles. The maximum absolute atomic E-state index is 11.5. The second kappa shape index (κ2) is 8.33. The molecule has 0 bridgehead atoms. The van der Waals surface area contributed by atoms with Crippen molar-refractivity contribution >= 4 is 0 Å². The smallest absolute Gasteiger partial charge is 0.0930 e. The predicted molar refractivity (Wildman–Crippen MR) is 96.3 cm³/mol. The van der Waals surface area contributed by atoms with E-state index in [0.29, 0.717) is 5.92 Å². The van der Waals surface area contributed by atoms with Crippen molar-refractivity contribution in [3.8, 4) is 0 Å². The van der Waals surface area contributed by atoms with Crippen LogP contribution in [0.3, 0.4) is 0 Å². The molecule has 0 N–H and O–H groups in total. The first kappa shape index (κ1) is 17.0. The molecular weight excluding hydrogens is 280 g/mol. The summed E-state index contributed by atoms with van der Waals surface area (Å²) in [7, 11) is 0. The third kappa shape index (κ3) is 4.59. The third-order valence-corrected chi connectivity index (χ3v) is 6.37. The summed E-state index contributed by atoms with van der Waals surface area (Å²) in [5.74, 6) is 2.42. The van der Waals surface area contributed by atoms with Crippen molar-refractivity contribution in [3.05, 3.63) is 35.4 Å². The Hall–Kier alpha value is -0.820. The van der Waals surface area contributed by atoms with Crippen LogP contribution in [-0.2, 0) is 5.11 Å². The molecular formula is C22H33O. The fourth-order valence-corrected chi connectivity index (χ4v) is 4.71. The molecule has 0 saturated heterocycles. The summed E-state index contributed by atoms with van der Waals surface area (Å²) in [5, 5.41) is 11.5. The summed E-state index contributed by atoms with van der Waals surface area (Å²) >= 11 is 0. The number of unbranched alkanes of at least 4 members (excludes halogenated alkanes) is 1. The van der Waals surface area contributed by atoms with Crippen LogP contribution in [0.1, 0.15) is 101 Å². The lowest BCUT2D eigenvalue weighted by Gasteiger charge is -2.29. The number of benzene rings is 1. The standard InChI is InChI=1S/C22H33O/c1-2-3-4-17-5-7-18(8-6-17)19-9-11-20(12-10-19)21-13-15-22(23)16-14-21/h9-12,17-18,21-22H,2-8,13-16H2,1H3. The summed E-state index contributed by atoms with van der Waals surface area (Å²) in [5.41, 5.74) is 3.03. The van der Waals surface area contributed by atoms with Gasteiger partial charge in [0, 0.05) is 0 Å². The van der Waals surface area contributed by atoms with E-state index in [4.69, 9.17) is 0 Å². The van der Waals surface area contributed by atoms with E-state index in [2.05, 4.69) is 31.2 Å². The average Bonchev–Trinajstić information content (AvgIpc) is 2.61. The molecule has 2 fully saturated rings. The SMILES string of the molecule is CCCCC1CCC(c2ccc(C3CCC([O])CC3)cc2)CC1. The molecule has 2 aliphatic rings. The highest BCUT2D eigenvalue weighted by molar-refractivity contribution is 5.28. The lowest BCUT2D eigenvalue weighted by molar-refractivity contribution is 0.0513. The molecule has 1 nitrogen and oxygen atoms in total. The highest BCUT2D eigenvalue weighted by atomic mass is 16.3. The van der Waals surface area contributed by atoms with Crippen LogP contribution in [0.15, 0.2) is 24.3 Å². The van der Waals surface area contributed by atoms with Gasteiger partial charge in [-0.25, -0.2) is 5.11 Å². The van der Waals surface area contributed by atoms with Gasteiger partial charge < -0.3 is 0 Å². The molecule has 0 aromatic heterocycles. The third-order valence-electron chi connectivity index (χ3n) is 6.37. The topological polar surface area (TPSA) is 19.9 Å². The van der Waals surface area contributed by atoms with Crippen LogP contribution in [0, 0.1) is 5.92 Å². The number of hydrogen-bond donors (Lipinski definition) is 0. The first-order chi connectivity index (χ1) is 11.3. The second-order valence-corrected chi connectivity index (χ2v) is 8.00. The van der Waals surface area contributed by atoms with Gasteiger partial charge in [0.1, 0.15) is 0 Å². The lowest BCUT2D eigenvalue weighted by Crippen LogP contribution is -2.16. The van der Waals surface area contributed by atoms with Gasteiger partial charge in [0.2, 0.25) is 0 Å². The first-order valence-corrected chi connectivity index (χ1v) is 10.0. The Bertz CT molecular complexity index is 447. The zero-order valence-electron chi connectivity index (χ0n) is 14.8. The van der Waals surface area contributed by atoms with Crippen molar-refractivity contribution in [2.45, 2.75) is 95.5 Å². The maximum Gasteiger partial charge on any atom is 0.0930 e. The van der Waals surface area contributed by atoms with E-state index in [1.807, 2.05) is 0 Å². The Morgan fingerprint density at radius 3 is 1.74 bits per heavy atom. The van der Waals surface area contributed by atoms with E-state index >= 15 is 0 Å². The van der Waals surface area contributed by atoms with Crippen molar-refractivity contribution in [1.82, 2.24) is 0 Å². The summed E-state index contributed by atoms with van der Waals surface area (Å²) in [6.07, 6.45) is 13.5. The fraction of sp³-hybridized carbons (Fsp3) is 0.727. The molecule has 0 unspecified atom stereocenters. The van der Waals surface area contributed by atoms with Gasteiger partial charge in [-0.1, -0.05) is 50.5 Å². The van der Waals surface area contributed by atoms with Gasteiger partial charge in [-0.05, 0) is 80.2 Å². The van der Waals surface area contributed by atoms with Crippen LogP contribution >= 0.6 is 0 Å². The molecule has 1 aromatic carbocycles. The van der Waals surface area contributed by atoms with E-state index in [1.54, 1.807) is 5.56 Å².